The number of nitriles is 1. The first-order chi connectivity index (χ1) is 13.5. The number of anilines is 2. The molecule has 1 aromatic heterocycles. The molecule has 0 aliphatic carbocycles. The molecule has 2 aromatic carbocycles. The largest absolute Gasteiger partial charge is 0.322 e. The second kappa shape index (κ2) is 8.05. The number of halogens is 2. The Bertz CT molecular complexity index is 1110. The molecule has 8 heteroatoms. The van der Waals surface area contributed by atoms with Crippen LogP contribution >= 0.6 is 0 Å². The molecule has 0 spiro atoms. The maximum atomic E-state index is 13.3. The molecule has 3 rings (SSSR count). The van der Waals surface area contributed by atoms with Gasteiger partial charge in [0.15, 0.2) is 11.6 Å². The van der Waals surface area contributed by atoms with E-state index < -0.39 is 23.4 Å². The molecule has 2 amide bonds. The first-order valence-electron chi connectivity index (χ1n) is 7.99. The molecular formula is C20H12F2N4O2. The van der Waals surface area contributed by atoms with Crippen LogP contribution in [0.4, 0.5) is 20.2 Å². The Morgan fingerprint density at radius 1 is 0.857 bits per heavy atom. The SMILES string of the molecule is N#Cc1cccc(NC(=O)c2cncc(C(=O)Nc3ccc(F)c(F)c3)c2)c1. The van der Waals surface area contributed by atoms with Gasteiger partial charge in [-0.25, -0.2) is 8.78 Å². The molecule has 0 bridgehead atoms. The van der Waals surface area contributed by atoms with Crippen molar-refractivity contribution in [2.24, 2.45) is 0 Å². The van der Waals surface area contributed by atoms with Crippen molar-refractivity contribution >= 4 is 23.2 Å². The molecular weight excluding hydrogens is 366 g/mol. The Labute approximate surface area is 158 Å². The fourth-order valence-electron chi connectivity index (χ4n) is 2.34. The van der Waals surface area contributed by atoms with Crippen molar-refractivity contribution in [2.45, 2.75) is 0 Å². The van der Waals surface area contributed by atoms with Gasteiger partial charge in [-0.1, -0.05) is 6.07 Å². The predicted molar refractivity (Wildman–Crippen MR) is 97.7 cm³/mol. The summed E-state index contributed by atoms with van der Waals surface area (Å²) in [5.74, 6) is -3.29. The Hall–Kier alpha value is -4.12. The summed E-state index contributed by atoms with van der Waals surface area (Å²) in [6.07, 6.45) is 2.51. The van der Waals surface area contributed by atoms with Gasteiger partial charge in [-0.15, -0.1) is 0 Å². The summed E-state index contributed by atoms with van der Waals surface area (Å²) >= 11 is 0. The molecule has 0 radical (unpaired) electrons. The second-order valence-corrected chi connectivity index (χ2v) is 5.69. The molecule has 28 heavy (non-hydrogen) atoms. The Kier molecular flexibility index (Phi) is 5.37. The Balaban J connectivity index is 1.75. The Morgan fingerprint density at radius 2 is 1.50 bits per heavy atom. The van der Waals surface area contributed by atoms with E-state index in [0.717, 1.165) is 12.1 Å². The number of carbonyl (C=O) groups is 2. The molecule has 0 saturated carbocycles. The van der Waals surface area contributed by atoms with Crippen LogP contribution in [0.2, 0.25) is 0 Å². The van der Waals surface area contributed by atoms with Crippen LogP contribution in [-0.2, 0) is 0 Å². The zero-order valence-electron chi connectivity index (χ0n) is 14.2. The van der Waals surface area contributed by atoms with E-state index in [2.05, 4.69) is 15.6 Å². The lowest BCUT2D eigenvalue weighted by Crippen LogP contribution is -2.16. The third-order valence-electron chi connectivity index (χ3n) is 3.69. The first kappa shape index (κ1) is 18.7. The molecule has 0 unspecified atom stereocenters. The smallest absolute Gasteiger partial charge is 0.257 e. The van der Waals surface area contributed by atoms with Crippen molar-refractivity contribution < 1.29 is 18.4 Å². The standard InChI is InChI=1S/C20H12F2N4O2/c21-17-5-4-16(8-18(17)22)26-20(28)14-7-13(10-24-11-14)19(27)25-15-3-1-2-12(6-15)9-23/h1-8,10-11H,(H,25,27)(H,26,28). The van der Waals surface area contributed by atoms with E-state index in [-0.39, 0.29) is 16.8 Å². The second-order valence-electron chi connectivity index (χ2n) is 5.69. The highest BCUT2D eigenvalue weighted by Gasteiger charge is 2.13. The number of carbonyl (C=O) groups excluding carboxylic acids is 2. The van der Waals surface area contributed by atoms with E-state index in [1.165, 1.54) is 30.6 Å². The third-order valence-corrected chi connectivity index (χ3v) is 3.69. The van der Waals surface area contributed by atoms with Crippen LogP contribution in [0.15, 0.2) is 60.9 Å². The number of rotatable bonds is 4. The molecule has 0 saturated heterocycles. The summed E-state index contributed by atoms with van der Waals surface area (Å²) in [6.45, 7) is 0. The molecule has 0 fully saturated rings. The summed E-state index contributed by atoms with van der Waals surface area (Å²) in [5, 5.41) is 13.9. The quantitative estimate of drug-likeness (QED) is 0.723. The normalized spacial score (nSPS) is 10.0. The van der Waals surface area contributed by atoms with Crippen molar-refractivity contribution in [3.8, 4) is 6.07 Å². The lowest BCUT2D eigenvalue weighted by atomic mass is 10.1. The fraction of sp³-hybridized carbons (Fsp3) is 0. The molecule has 3 aromatic rings. The number of benzene rings is 2. The van der Waals surface area contributed by atoms with Crippen LogP contribution < -0.4 is 10.6 Å². The van der Waals surface area contributed by atoms with Gasteiger partial charge in [0.1, 0.15) is 0 Å². The van der Waals surface area contributed by atoms with E-state index in [0.29, 0.717) is 11.3 Å². The molecule has 0 aliphatic rings. The fourth-order valence-corrected chi connectivity index (χ4v) is 2.34. The number of amides is 2. The van der Waals surface area contributed by atoms with Crippen LogP contribution in [0, 0.1) is 23.0 Å². The highest BCUT2D eigenvalue weighted by atomic mass is 19.2. The monoisotopic (exact) mass is 378 g/mol. The van der Waals surface area contributed by atoms with Crippen molar-refractivity contribution in [3.05, 3.63) is 89.2 Å². The summed E-state index contributed by atoms with van der Waals surface area (Å²) in [6, 6.07) is 12.6. The number of pyridine rings is 1. The average Bonchev–Trinajstić information content (AvgIpc) is 2.71. The maximum absolute atomic E-state index is 13.3. The van der Waals surface area contributed by atoms with Gasteiger partial charge < -0.3 is 10.6 Å². The van der Waals surface area contributed by atoms with Crippen LogP contribution in [0.5, 0.6) is 0 Å². The minimum Gasteiger partial charge on any atom is -0.322 e. The number of nitrogens with zero attached hydrogens (tertiary/aromatic N) is 2. The lowest BCUT2D eigenvalue weighted by molar-refractivity contribution is 0.102. The van der Waals surface area contributed by atoms with Gasteiger partial charge in [-0.3, -0.25) is 14.6 Å². The first-order valence-corrected chi connectivity index (χ1v) is 7.99. The summed E-state index contributed by atoms with van der Waals surface area (Å²) in [5.41, 5.74) is 1.03. The van der Waals surface area contributed by atoms with Crippen LogP contribution in [0.25, 0.3) is 0 Å². The van der Waals surface area contributed by atoms with Crippen LogP contribution in [-0.4, -0.2) is 16.8 Å². The topological polar surface area (TPSA) is 94.9 Å². The molecule has 0 atom stereocenters. The van der Waals surface area contributed by atoms with E-state index in [9.17, 15) is 18.4 Å². The molecule has 0 aliphatic heterocycles. The third kappa shape index (κ3) is 4.34. The summed E-state index contributed by atoms with van der Waals surface area (Å²) in [7, 11) is 0. The van der Waals surface area contributed by atoms with Gasteiger partial charge in [0.25, 0.3) is 11.8 Å². The lowest BCUT2D eigenvalue weighted by Gasteiger charge is -2.08. The minimum atomic E-state index is -1.09. The summed E-state index contributed by atoms with van der Waals surface area (Å²) in [4.78, 5) is 28.5. The summed E-state index contributed by atoms with van der Waals surface area (Å²) < 4.78 is 26.2. The van der Waals surface area contributed by atoms with Crippen LogP contribution in [0.1, 0.15) is 26.3 Å². The van der Waals surface area contributed by atoms with Crippen molar-refractivity contribution in [2.75, 3.05) is 10.6 Å². The molecule has 1 heterocycles. The van der Waals surface area contributed by atoms with E-state index >= 15 is 0 Å². The van der Waals surface area contributed by atoms with Gasteiger partial charge >= 0.3 is 0 Å². The predicted octanol–water partition coefficient (Wildman–Crippen LogP) is 3.74. The Morgan fingerprint density at radius 3 is 2.11 bits per heavy atom. The van der Waals surface area contributed by atoms with Gasteiger partial charge in [0.2, 0.25) is 0 Å². The maximum Gasteiger partial charge on any atom is 0.257 e. The van der Waals surface area contributed by atoms with Gasteiger partial charge in [-0.05, 0) is 36.4 Å². The van der Waals surface area contributed by atoms with Gasteiger partial charge in [0.05, 0.1) is 22.8 Å². The molecule has 6 nitrogen and oxygen atoms in total. The molecule has 138 valence electrons. The number of aromatic nitrogens is 1. The highest BCUT2D eigenvalue weighted by molar-refractivity contribution is 6.08. The van der Waals surface area contributed by atoms with E-state index in [1.807, 2.05) is 6.07 Å². The van der Waals surface area contributed by atoms with Gasteiger partial charge in [0, 0.05) is 29.8 Å². The van der Waals surface area contributed by atoms with Gasteiger partial charge in [-0.2, -0.15) is 5.26 Å². The zero-order chi connectivity index (χ0) is 20.1. The zero-order valence-corrected chi connectivity index (χ0v) is 14.2. The van der Waals surface area contributed by atoms with Crippen molar-refractivity contribution in [1.29, 1.82) is 5.26 Å². The number of hydrogen-bond donors (Lipinski definition) is 2. The number of hydrogen-bond acceptors (Lipinski definition) is 4. The van der Waals surface area contributed by atoms with E-state index in [4.69, 9.17) is 5.26 Å². The average molecular weight is 378 g/mol. The van der Waals surface area contributed by atoms with Crippen molar-refractivity contribution in [3.63, 3.8) is 0 Å². The van der Waals surface area contributed by atoms with E-state index in [1.54, 1.807) is 18.2 Å². The minimum absolute atomic E-state index is 0.0585. The van der Waals surface area contributed by atoms with Crippen molar-refractivity contribution in [1.82, 2.24) is 4.98 Å². The number of nitrogens with one attached hydrogen (secondary N) is 2. The van der Waals surface area contributed by atoms with Crippen LogP contribution in [0.3, 0.4) is 0 Å². The molecule has 2 N–H and O–H groups in total. The highest BCUT2D eigenvalue weighted by Crippen LogP contribution is 2.15.